The molecule has 3 rings (SSSR count). The van der Waals surface area contributed by atoms with Gasteiger partial charge in [-0.2, -0.15) is 0 Å². The van der Waals surface area contributed by atoms with Gasteiger partial charge in [0.25, 0.3) is 0 Å². The summed E-state index contributed by atoms with van der Waals surface area (Å²) in [5.74, 6) is 1.98. The number of rotatable bonds is 0. The van der Waals surface area contributed by atoms with Crippen LogP contribution in [0.2, 0.25) is 0 Å². The molecule has 0 saturated heterocycles. The first-order chi connectivity index (χ1) is 6.97. The molecule has 0 aliphatic heterocycles. The van der Waals surface area contributed by atoms with Gasteiger partial charge in [-0.3, -0.25) is 0 Å². The molecule has 0 N–H and O–H groups in total. The number of hydrogen-bond donors (Lipinski definition) is 0. The van der Waals surface area contributed by atoms with Crippen molar-refractivity contribution in [2.45, 2.75) is 59.8 Å². The highest BCUT2D eigenvalue weighted by molar-refractivity contribution is 5.36. The molecule has 0 aromatic carbocycles. The van der Waals surface area contributed by atoms with Gasteiger partial charge in [0.15, 0.2) is 0 Å². The summed E-state index contributed by atoms with van der Waals surface area (Å²) >= 11 is 0. The van der Waals surface area contributed by atoms with Crippen LogP contribution in [0.4, 0.5) is 0 Å². The number of hydrogen-bond acceptors (Lipinski definition) is 0. The number of fused-ring (bicyclic) bond motifs is 3. The molecule has 2 fully saturated rings. The van der Waals surface area contributed by atoms with Gasteiger partial charge in [0, 0.05) is 0 Å². The third-order valence-corrected chi connectivity index (χ3v) is 5.76. The van der Waals surface area contributed by atoms with Crippen molar-refractivity contribution >= 4 is 0 Å². The molecule has 0 aromatic heterocycles. The minimum absolute atomic E-state index is 0.595. The van der Waals surface area contributed by atoms with Gasteiger partial charge in [0.1, 0.15) is 0 Å². The van der Waals surface area contributed by atoms with Crippen LogP contribution in [0.5, 0.6) is 0 Å². The molecule has 0 nitrogen and oxygen atoms in total. The first-order valence-electron chi connectivity index (χ1n) is 6.67. The Kier molecular flexibility index (Phi) is 1.79. The maximum Gasteiger partial charge on any atom is -0.0107 e. The van der Waals surface area contributed by atoms with Crippen LogP contribution in [0.25, 0.3) is 0 Å². The summed E-state index contributed by atoms with van der Waals surface area (Å²) in [6, 6.07) is 0. The SMILES string of the molecule is CC1=C2[C@H]3[C@@H](CC[C@]2(C)CCC1)C3(C)C. The molecule has 0 bridgehead atoms. The molecule has 0 aromatic rings. The van der Waals surface area contributed by atoms with Crippen molar-refractivity contribution in [3.05, 3.63) is 11.1 Å². The number of allylic oxidation sites excluding steroid dienone is 2. The summed E-state index contributed by atoms with van der Waals surface area (Å²) in [6.07, 6.45) is 7.22. The molecule has 0 unspecified atom stereocenters. The molecule has 3 aliphatic carbocycles. The molecule has 0 heterocycles. The molecule has 0 heteroatoms. The third kappa shape index (κ3) is 1.14. The van der Waals surface area contributed by atoms with E-state index in [9.17, 15) is 0 Å². The van der Waals surface area contributed by atoms with Crippen LogP contribution in [-0.4, -0.2) is 0 Å². The highest BCUT2D eigenvalue weighted by Gasteiger charge is 2.64. The Bertz CT molecular complexity index is 334. The molecule has 2 saturated carbocycles. The summed E-state index contributed by atoms with van der Waals surface area (Å²) in [4.78, 5) is 0. The molecule has 3 atom stereocenters. The van der Waals surface area contributed by atoms with Crippen molar-refractivity contribution < 1.29 is 0 Å². The fraction of sp³-hybridized carbons (Fsp3) is 0.867. The molecular formula is C15H24. The second kappa shape index (κ2) is 2.70. The van der Waals surface area contributed by atoms with Crippen LogP contribution in [0.1, 0.15) is 59.8 Å². The van der Waals surface area contributed by atoms with E-state index >= 15 is 0 Å². The van der Waals surface area contributed by atoms with Gasteiger partial charge in [-0.1, -0.05) is 31.9 Å². The van der Waals surface area contributed by atoms with Crippen LogP contribution in [0, 0.1) is 22.7 Å². The van der Waals surface area contributed by atoms with Gasteiger partial charge in [0.05, 0.1) is 0 Å². The fourth-order valence-corrected chi connectivity index (χ4v) is 4.76. The lowest BCUT2D eigenvalue weighted by Gasteiger charge is -2.41. The zero-order valence-electron chi connectivity index (χ0n) is 10.7. The Hall–Kier alpha value is -0.260. The standard InChI is InChI=1S/C15H24/c1-10-6-5-8-15(4)9-7-11-13(12(10)15)14(11,2)3/h11,13H,5-9H2,1-4H3/t11-,13-,15+/m1/s1. The van der Waals surface area contributed by atoms with E-state index in [1.165, 1.54) is 32.1 Å². The van der Waals surface area contributed by atoms with Gasteiger partial charge < -0.3 is 0 Å². The predicted molar refractivity (Wildman–Crippen MR) is 64.7 cm³/mol. The molecule has 0 spiro atoms. The minimum atomic E-state index is 0.595. The first-order valence-corrected chi connectivity index (χ1v) is 6.67. The molecule has 0 amide bonds. The van der Waals surface area contributed by atoms with Crippen LogP contribution < -0.4 is 0 Å². The van der Waals surface area contributed by atoms with Gasteiger partial charge in [-0.15, -0.1) is 0 Å². The first kappa shape index (κ1) is 9.93. The summed E-state index contributed by atoms with van der Waals surface area (Å²) in [6.45, 7) is 9.92. The summed E-state index contributed by atoms with van der Waals surface area (Å²) < 4.78 is 0. The van der Waals surface area contributed by atoms with E-state index in [4.69, 9.17) is 0 Å². The molecule has 15 heavy (non-hydrogen) atoms. The lowest BCUT2D eigenvalue weighted by atomic mass is 9.64. The van der Waals surface area contributed by atoms with Crippen molar-refractivity contribution in [2.24, 2.45) is 22.7 Å². The van der Waals surface area contributed by atoms with E-state index in [-0.39, 0.29) is 0 Å². The largest absolute Gasteiger partial charge is 0.0733 e. The van der Waals surface area contributed by atoms with Crippen molar-refractivity contribution in [3.63, 3.8) is 0 Å². The Morgan fingerprint density at radius 1 is 1.13 bits per heavy atom. The Labute approximate surface area is 94.1 Å². The van der Waals surface area contributed by atoms with Crippen molar-refractivity contribution in [1.82, 2.24) is 0 Å². The third-order valence-electron chi connectivity index (χ3n) is 5.76. The molecule has 3 aliphatic rings. The lowest BCUT2D eigenvalue weighted by Crippen LogP contribution is -2.28. The van der Waals surface area contributed by atoms with Crippen LogP contribution >= 0.6 is 0 Å². The van der Waals surface area contributed by atoms with Crippen LogP contribution in [0.15, 0.2) is 11.1 Å². The molecule has 84 valence electrons. The second-order valence-electron chi connectivity index (χ2n) is 7.05. The predicted octanol–water partition coefficient (Wildman–Crippen LogP) is 4.56. The lowest BCUT2D eigenvalue weighted by molar-refractivity contribution is 0.250. The normalized spacial score (nSPS) is 47.2. The highest BCUT2D eigenvalue weighted by Crippen LogP contribution is 2.72. The van der Waals surface area contributed by atoms with Crippen LogP contribution in [-0.2, 0) is 0 Å². The molecule has 0 radical (unpaired) electrons. The topological polar surface area (TPSA) is 0 Å². The van der Waals surface area contributed by atoms with Gasteiger partial charge in [0.2, 0.25) is 0 Å². The van der Waals surface area contributed by atoms with Gasteiger partial charge in [-0.25, -0.2) is 0 Å². The zero-order chi connectivity index (χ0) is 10.8. The summed E-state index contributed by atoms with van der Waals surface area (Å²) in [7, 11) is 0. The van der Waals surface area contributed by atoms with E-state index in [1.807, 2.05) is 5.57 Å². The quantitative estimate of drug-likeness (QED) is 0.507. The van der Waals surface area contributed by atoms with Crippen molar-refractivity contribution in [1.29, 1.82) is 0 Å². The van der Waals surface area contributed by atoms with Gasteiger partial charge >= 0.3 is 0 Å². The maximum absolute atomic E-state index is 2.54. The Morgan fingerprint density at radius 3 is 2.60 bits per heavy atom. The van der Waals surface area contributed by atoms with E-state index in [1.54, 1.807) is 5.57 Å². The Balaban J connectivity index is 2.05. The fourth-order valence-electron chi connectivity index (χ4n) is 4.76. The summed E-state index contributed by atoms with van der Waals surface area (Å²) in [5.41, 5.74) is 4.88. The minimum Gasteiger partial charge on any atom is -0.0733 e. The average molecular weight is 204 g/mol. The van der Waals surface area contributed by atoms with E-state index in [0.717, 1.165) is 11.8 Å². The van der Waals surface area contributed by atoms with E-state index in [0.29, 0.717) is 10.8 Å². The smallest absolute Gasteiger partial charge is 0.0107 e. The monoisotopic (exact) mass is 204 g/mol. The average Bonchev–Trinajstić information content (AvgIpc) is 2.68. The Morgan fingerprint density at radius 2 is 1.87 bits per heavy atom. The maximum atomic E-state index is 2.54. The van der Waals surface area contributed by atoms with E-state index in [2.05, 4.69) is 27.7 Å². The van der Waals surface area contributed by atoms with E-state index < -0.39 is 0 Å². The second-order valence-corrected chi connectivity index (χ2v) is 7.05. The molecular weight excluding hydrogens is 180 g/mol. The zero-order valence-corrected chi connectivity index (χ0v) is 10.7. The van der Waals surface area contributed by atoms with Crippen molar-refractivity contribution in [2.75, 3.05) is 0 Å². The van der Waals surface area contributed by atoms with Crippen molar-refractivity contribution in [3.8, 4) is 0 Å². The van der Waals surface area contributed by atoms with Crippen LogP contribution in [0.3, 0.4) is 0 Å². The summed E-state index contributed by atoms with van der Waals surface area (Å²) in [5, 5.41) is 0. The van der Waals surface area contributed by atoms with Gasteiger partial charge in [-0.05, 0) is 61.7 Å². The highest BCUT2D eigenvalue weighted by atomic mass is 14.7.